The summed E-state index contributed by atoms with van der Waals surface area (Å²) in [4.78, 5) is 28.9. The summed E-state index contributed by atoms with van der Waals surface area (Å²) in [5.41, 5.74) is 3.29. The third kappa shape index (κ3) is 4.50. The molecule has 0 saturated heterocycles. The lowest BCUT2D eigenvalue weighted by molar-refractivity contribution is 0.0950. The number of anilines is 1. The van der Waals surface area contributed by atoms with Crippen LogP contribution in [0.15, 0.2) is 85.1 Å². The Morgan fingerprint density at radius 2 is 1.57 bits per heavy atom. The van der Waals surface area contributed by atoms with Crippen molar-refractivity contribution in [1.29, 1.82) is 0 Å². The van der Waals surface area contributed by atoms with Crippen LogP contribution in [0.5, 0.6) is 0 Å². The van der Waals surface area contributed by atoms with E-state index in [4.69, 9.17) is 0 Å². The standard InChI is InChI=1S/C24H18FN3O2/c25-20-8-5-17(6-9-20)24(30)28-21-10-3-16(4-11-21)15-27-23(29)19-7-12-22-18(14-19)2-1-13-26-22/h1-14H,15H2,(H,27,29)(H,28,30). The molecule has 6 heteroatoms. The maximum Gasteiger partial charge on any atom is 0.255 e. The fourth-order valence-electron chi connectivity index (χ4n) is 3.01. The molecule has 0 unspecified atom stereocenters. The Balaban J connectivity index is 1.35. The van der Waals surface area contributed by atoms with Gasteiger partial charge in [-0.25, -0.2) is 4.39 Å². The quantitative estimate of drug-likeness (QED) is 0.517. The van der Waals surface area contributed by atoms with Crippen LogP contribution < -0.4 is 10.6 Å². The first-order valence-corrected chi connectivity index (χ1v) is 9.37. The van der Waals surface area contributed by atoms with Crippen molar-refractivity contribution < 1.29 is 14.0 Å². The summed E-state index contributed by atoms with van der Waals surface area (Å²) >= 11 is 0. The van der Waals surface area contributed by atoms with E-state index in [2.05, 4.69) is 15.6 Å². The summed E-state index contributed by atoms with van der Waals surface area (Å²) in [5.74, 6) is -0.880. The summed E-state index contributed by atoms with van der Waals surface area (Å²) in [6.07, 6.45) is 1.72. The van der Waals surface area contributed by atoms with Crippen LogP contribution in [0.4, 0.5) is 10.1 Å². The lowest BCUT2D eigenvalue weighted by atomic mass is 10.1. The molecular weight excluding hydrogens is 381 g/mol. The fourth-order valence-corrected chi connectivity index (χ4v) is 3.01. The van der Waals surface area contributed by atoms with E-state index < -0.39 is 5.82 Å². The average molecular weight is 399 g/mol. The van der Waals surface area contributed by atoms with Crippen LogP contribution >= 0.6 is 0 Å². The Morgan fingerprint density at radius 3 is 2.33 bits per heavy atom. The third-order valence-corrected chi connectivity index (χ3v) is 4.64. The van der Waals surface area contributed by atoms with E-state index in [1.165, 1.54) is 24.3 Å². The topological polar surface area (TPSA) is 71.1 Å². The van der Waals surface area contributed by atoms with Gasteiger partial charge in [-0.1, -0.05) is 18.2 Å². The largest absolute Gasteiger partial charge is 0.348 e. The molecule has 3 aromatic carbocycles. The highest BCUT2D eigenvalue weighted by atomic mass is 19.1. The van der Waals surface area contributed by atoms with Gasteiger partial charge in [-0.2, -0.15) is 0 Å². The number of nitrogens with one attached hydrogen (secondary N) is 2. The van der Waals surface area contributed by atoms with Crippen LogP contribution in [-0.4, -0.2) is 16.8 Å². The zero-order valence-corrected chi connectivity index (χ0v) is 15.9. The van der Waals surface area contributed by atoms with Crippen LogP contribution in [0, 0.1) is 5.82 Å². The molecule has 2 N–H and O–H groups in total. The number of halogens is 1. The van der Waals surface area contributed by atoms with Crippen LogP contribution in [0.2, 0.25) is 0 Å². The van der Waals surface area contributed by atoms with Crippen molar-refractivity contribution >= 4 is 28.4 Å². The molecule has 1 heterocycles. The van der Waals surface area contributed by atoms with Crippen LogP contribution in [-0.2, 0) is 6.54 Å². The van der Waals surface area contributed by atoms with E-state index in [1.807, 2.05) is 36.4 Å². The Kier molecular flexibility index (Phi) is 5.48. The smallest absolute Gasteiger partial charge is 0.255 e. The van der Waals surface area contributed by atoms with Gasteiger partial charge in [0.15, 0.2) is 0 Å². The molecule has 30 heavy (non-hydrogen) atoms. The maximum atomic E-state index is 13.0. The second-order valence-electron chi connectivity index (χ2n) is 6.75. The van der Waals surface area contributed by atoms with Crippen molar-refractivity contribution in [1.82, 2.24) is 10.3 Å². The van der Waals surface area contributed by atoms with Crippen LogP contribution in [0.3, 0.4) is 0 Å². The molecule has 0 spiro atoms. The van der Waals surface area contributed by atoms with Gasteiger partial charge in [0.25, 0.3) is 11.8 Å². The number of carbonyl (C=O) groups is 2. The number of amides is 2. The second kappa shape index (κ2) is 8.53. The number of nitrogens with zero attached hydrogens (tertiary/aromatic N) is 1. The number of rotatable bonds is 5. The average Bonchev–Trinajstić information content (AvgIpc) is 2.78. The van der Waals surface area contributed by atoms with Crippen LogP contribution in [0.1, 0.15) is 26.3 Å². The predicted octanol–water partition coefficient (Wildman–Crippen LogP) is 4.56. The van der Waals surface area contributed by atoms with Crippen molar-refractivity contribution in [3.8, 4) is 0 Å². The zero-order chi connectivity index (χ0) is 20.9. The van der Waals surface area contributed by atoms with Gasteiger partial charge in [-0.3, -0.25) is 14.6 Å². The van der Waals surface area contributed by atoms with Gasteiger partial charge >= 0.3 is 0 Å². The molecule has 148 valence electrons. The normalized spacial score (nSPS) is 10.6. The monoisotopic (exact) mass is 399 g/mol. The number of hydrogen-bond acceptors (Lipinski definition) is 3. The van der Waals surface area contributed by atoms with E-state index >= 15 is 0 Å². The van der Waals surface area contributed by atoms with E-state index in [0.717, 1.165) is 16.5 Å². The predicted molar refractivity (Wildman–Crippen MR) is 114 cm³/mol. The third-order valence-electron chi connectivity index (χ3n) is 4.64. The molecule has 4 rings (SSSR count). The van der Waals surface area contributed by atoms with Gasteiger partial charge in [-0.15, -0.1) is 0 Å². The fraction of sp³-hybridized carbons (Fsp3) is 0.0417. The first kappa shape index (κ1) is 19.3. The molecule has 0 atom stereocenters. The first-order valence-electron chi connectivity index (χ1n) is 9.37. The SMILES string of the molecule is O=C(NCc1ccc(NC(=O)c2ccc(F)cc2)cc1)c1ccc2ncccc2c1. The molecule has 0 aliphatic carbocycles. The molecule has 2 amide bonds. The lowest BCUT2D eigenvalue weighted by Gasteiger charge is -2.08. The summed E-state index contributed by atoms with van der Waals surface area (Å²) in [6, 6.07) is 21.6. The summed E-state index contributed by atoms with van der Waals surface area (Å²) in [7, 11) is 0. The highest BCUT2D eigenvalue weighted by Crippen LogP contribution is 2.15. The molecule has 0 aliphatic heterocycles. The molecule has 0 fully saturated rings. The van der Waals surface area contributed by atoms with Gasteiger partial charge < -0.3 is 10.6 Å². The van der Waals surface area contributed by atoms with Crippen molar-refractivity contribution in [2.75, 3.05) is 5.32 Å². The van der Waals surface area contributed by atoms with Crippen LogP contribution in [0.25, 0.3) is 10.9 Å². The van der Waals surface area contributed by atoms with Gasteiger partial charge in [0, 0.05) is 34.9 Å². The Hall–Kier alpha value is -4.06. The Morgan fingerprint density at radius 1 is 0.833 bits per heavy atom. The number of fused-ring (bicyclic) bond motifs is 1. The number of pyridine rings is 1. The minimum absolute atomic E-state index is 0.172. The molecule has 0 bridgehead atoms. The number of aromatic nitrogens is 1. The van der Waals surface area contributed by atoms with Crippen molar-refractivity contribution in [3.63, 3.8) is 0 Å². The zero-order valence-electron chi connectivity index (χ0n) is 15.9. The number of carbonyl (C=O) groups excluding carboxylic acids is 2. The Bertz CT molecular complexity index is 1210. The highest BCUT2D eigenvalue weighted by Gasteiger charge is 2.08. The molecule has 0 radical (unpaired) electrons. The number of hydrogen-bond donors (Lipinski definition) is 2. The molecule has 5 nitrogen and oxygen atoms in total. The van der Waals surface area contributed by atoms with Crippen molar-refractivity contribution in [2.24, 2.45) is 0 Å². The molecule has 4 aromatic rings. The first-order chi connectivity index (χ1) is 14.6. The van der Waals surface area contributed by atoms with Gasteiger partial charge in [0.05, 0.1) is 5.52 Å². The number of benzene rings is 3. The molecular formula is C24H18FN3O2. The minimum Gasteiger partial charge on any atom is -0.348 e. The van der Waals surface area contributed by atoms with E-state index in [0.29, 0.717) is 23.4 Å². The maximum absolute atomic E-state index is 13.0. The van der Waals surface area contributed by atoms with Crippen molar-refractivity contribution in [2.45, 2.75) is 6.54 Å². The lowest BCUT2D eigenvalue weighted by Crippen LogP contribution is -2.22. The summed E-state index contributed by atoms with van der Waals surface area (Å²) in [6.45, 7) is 0.357. The second-order valence-corrected chi connectivity index (χ2v) is 6.75. The highest BCUT2D eigenvalue weighted by molar-refractivity contribution is 6.04. The summed E-state index contributed by atoms with van der Waals surface area (Å²) < 4.78 is 13.0. The molecule has 0 saturated carbocycles. The van der Waals surface area contributed by atoms with E-state index in [-0.39, 0.29) is 11.8 Å². The van der Waals surface area contributed by atoms with Gasteiger partial charge in [0.1, 0.15) is 5.82 Å². The molecule has 1 aromatic heterocycles. The van der Waals surface area contributed by atoms with E-state index in [9.17, 15) is 14.0 Å². The Labute approximate surface area is 172 Å². The minimum atomic E-state index is -0.390. The van der Waals surface area contributed by atoms with E-state index in [1.54, 1.807) is 24.4 Å². The van der Waals surface area contributed by atoms with Crippen molar-refractivity contribution in [3.05, 3.63) is 108 Å². The summed E-state index contributed by atoms with van der Waals surface area (Å²) in [5, 5.41) is 6.56. The van der Waals surface area contributed by atoms with Gasteiger partial charge in [0.2, 0.25) is 0 Å². The van der Waals surface area contributed by atoms with Gasteiger partial charge in [-0.05, 0) is 66.2 Å². The molecule has 0 aliphatic rings.